The molecule has 1 aromatic heterocycles. The zero-order chi connectivity index (χ0) is 12.6. The quantitative estimate of drug-likeness (QED) is 0.749. The van der Waals surface area contributed by atoms with Crippen molar-refractivity contribution in [2.75, 3.05) is 13.1 Å². The second-order valence-corrected chi connectivity index (χ2v) is 5.56. The molecule has 0 aromatic carbocycles. The number of rotatable bonds is 1. The predicted molar refractivity (Wildman–Crippen MR) is 63.0 cm³/mol. The molecule has 2 heterocycles. The van der Waals surface area contributed by atoms with Crippen LogP contribution in [0.4, 0.5) is 4.39 Å². The Labute approximate surface area is 101 Å². The molecule has 3 nitrogen and oxygen atoms in total. The molecule has 1 amide bonds. The van der Waals surface area contributed by atoms with Gasteiger partial charge in [-0.1, -0.05) is 20.8 Å². The summed E-state index contributed by atoms with van der Waals surface area (Å²) < 4.78 is 12.7. The van der Waals surface area contributed by atoms with Crippen LogP contribution in [0.25, 0.3) is 0 Å². The molecule has 0 bridgehead atoms. The van der Waals surface area contributed by atoms with E-state index in [4.69, 9.17) is 0 Å². The Bertz CT molecular complexity index is 416. The van der Waals surface area contributed by atoms with Gasteiger partial charge in [-0.25, -0.2) is 4.39 Å². The van der Waals surface area contributed by atoms with Crippen LogP contribution in [0.5, 0.6) is 0 Å². The minimum Gasteiger partial charge on any atom is -0.341 e. The Morgan fingerprint density at radius 2 is 2.06 bits per heavy atom. The highest BCUT2D eigenvalue weighted by molar-refractivity contribution is 5.82. The smallest absolute Gasteiger partial charge is 0.227 e. The Hall–Kier alpha value is -1.45. The number of carbonyl (C=O) groups excluding carboxylic acids is 1. The molecule has 0 saturated carbocycles. The molecule has 1 aromatic rings. The number of hydrogen-bond donors (Lipinski definition) is 0. The van der Waals surface area contributed by atoms with Crippen molar-refractivity contribution < 1.29 is 9.18 Å². The molecule has 0 radical (unpaired) electrons. The van der Waals surface area contributed by atoms with E-state index in [1.165, 1.54) is 12.3 Å². The van der Waals surface area contributed by atoms with Crippen LogP contribution >= 0.6 is 0 Å². The number of pyridine rings is 1. The summed E-state index contributed by atoms with van der Waals surface area (Å²) >= 11 is 0. The Balaban J connectivity index is 1.95. The highest BCUT2D eigenvalue weighted by Gasteiger charge is 2.37. The summed E-state index contributed by atoms with van der Waals surface area (Å²) in [4.78, 5) is 17.8. The molecule has 1 saturated heterocycles. The van der Waals surface area contributed by atoms with Crippen LogP contribution in [0.1, 0.15) is 32.4 Å². The molecule has 4 heteroatoms. The van der Waals surface area contributed by atoms with Crippen molar-refractivity contribution in [3.63, 3.8) is 0 Å². The third kappa shape index (κ3) is 2.46. The van der Waals surface area contributed by atoms with Crippen molar-refractivity contribution in [3.05, 3.63) is 29.8 Å². The molecule has 92 valence electrons. The number of amides is 1. The van der Waals surface area contributed by atoms with Crippen LogP contribution in [0.3, 0.4) is 0 Å². The second-order valence-electron chi connectivity index (χ2n) is 5.56. The van der Waals surface area contributed by atoms with Gasteiger partial charge in [-0.3, -0.25) is 9.78 Å². The first-order valence-electron chi connectivity index (χ1n) is 5.79. The third-order valence-corrected chi connectivity index (χ3v) is 2.98. The summed E-state index contributed by atoms with van der Waals surface area (Å²) in [5.41, 5.74) is 0.533. The topological polar surface area (TPSA) is 33.2 Å². The maximum absolute atomic E-state index is 12.7. The zero-order valence-electron chi connectivity index (χ0n) is 10.4. The van der Waals surface area contributed by atoms with E-state index in [1.807, 2.05) is 25.7 Å². The average molecular weight is 236 g/mol. The third-order valence-electron chi connectivity index (χ3n) is 2.98. The van der Waals surface area contributed by atoms with Gasteiger partial charge in [0.25, 0.3) is 0 Å². The summed E-state index contributed by atoms with van der Waals surface area (Å²) in [5.74, 6) is 0.0912. The van der Waals surface area contributed by atoms with E-state index in [-0.39, 0.29) is 23.1 Å². The fourth-order valence-corrected chi connectivity index (χ4v) is 1.93. The molecule has 0 N–H and O–H groups in total. The van der Waals surface area contributed by atoms with E-state index in [9.17, 15) is 9.18 Å². The predicted octanol–water partition coefficient (Wildman–Crippen LogP) is 2.19. The van der Waals surface area contributed by atoms with Crippen LogP contribution in [-0.2, 0) is 4.79 Å². The van der Waals surface area contributed by atoms with E-state index in [0.29, 0.717) is 13.1 Å². The van der Waals surface area contributed by atoms with Crippen LogP contribution in [0.15, 0.2) is 18.3 Å². The number of aromatic nitrogens is 1. The summed E-state index contributed by atoms with van der Waals surface area (Å²) in [6.45, 7) is 7.12. The Kier molecular flexibility index (Phi) is 2.89. The van der Waals surface area contributed by atoms with E-state index in [0.717, 1.165) is 5.69 Å². The standard InChI is InChI=1S/C13H17FN2O/c1-13(2,3)12(17)16-7-9(8-16)11-5-4-10(14)6-15-11/h4-6,9H,7-8H2,1-3H3. The van der Waals surface area contributed by atoms with Crippen LogP contribution in [-0.4, -0.2) is 28.9 Å². The van der Waals surface area contributed by atoms with Gasteiger partial charge in [0.2, 0.25) is 5.91 Å². The maximum atomic E-state index is 12.7. The fraction of sp³-hybridized carbons (Fsp3) is 0.538. The summed E-state index contributed by atoms with van der Waals surface area (Å²) in [7, 11) is 0. The van der Waals surface area contributed by atoms with Gasteiger partial charge in [0.1, 0.15) is 5.82 Å². The van der Waals surface area contributed by atoms with Crippen molar-refractivity contribution in [2.45, 2.75) is 26.7 Å². The minimum absolute atomic E-state index is 0.163. The second kappa shape index (κ2) is 4.09. The van der Waals surface area contributed by atoms with Crippen molar-refractivity contribution in [1.29, 1.82) is 0 Å². The number of halogens is 1. The number of hydrogen-bond acceptors (Lipinski definition) is 2. The van der Waals surface area contributed by atoms with E-state index < -0.39 is 0 Å². The first kappa shape index (κ1) is 12.0. The number of nitrogens with zero attached hydrogens (tertiary/aromatic N) is 2. The van der Waals surface area contributed by atoms with Gasteiger partial charge >= 0.3 is 0 Å². The normalized spacial score (nSPS) is 16.8. The lowest BCUT2D eigenvalue weighted by Gasteiger charge is -2.42. The molecule has 17 heavy (non-hydrogen) atoms. The van der Waals surface area contributed by atoms with E-state index in [2.05, 4.69) is 4.98 Å². The largest absolute Gasteiger partial charge is 0.341 e. The van der Waals surface area contributed by atoms with Crippen LogP contribution in [0, 0.1) is 11.2 Å². The van der Waals surface area contributed by atoms with E-state index >= 15 is 0 Å². The van der Waals surface area contributed by atoms with E-state index in [1.54, 1.807) is 6.07 Å². The van der Waals surface area contributed by atoms with Gasteiger partial charge in [0.05, 0.1) is 6.20 Å². The first-order chi connectivity index (χ1) is 7.88. The lowest BCUT2D eigenvalue weighted by Crippen LogP contribution is -2.52. The first-order valence-corrected chi connectivity index (χ1v) is 5.79. The van der Waals surface area contributed by atoms with Gasteiger partial charge in [0.15, 0.2) is 0 Å². The molecule has 1 aliphatic heterocycles. The Morgan fingerprint density at radius 3 is 2.53 bits per heavy atom. The maximum Gasteiger partial charge on any atom is 0.227 e. The highest BCUT2D eigenvalue weighted by atomic mass is 19.1. The highest BCUT2D eigenvalue weighted by Crippen LogP contribution is 2.29. The summed E-state index contributed by atoms with van der Waals surface area (Å²) in [6.07, 6.45) is 1.23. The minimum atomic E-state index is -0.332. The molecular formula is C13H17FN2O. The Morgan fingerprint density at radius 1 is 1.41 bits per heavy atom. The average Bonchev–Trinajstić information content (AvgIpc) is 2.17. The van der Waals surface area contributed by atoms with Crippen molar-refractivity contribution in [2.24, 2.45) is 5.41 Å². The molecule has 0 spiro atoms. The van der Waals surface area contributed by atoms with Gasteiger partial charge in [-0.05, 0) is 12.1 Å². The molecule has 2 rings (SSSR count). The monoisotopic (exact) mass is 236 g/mol. The van der Waals surface area contributed by atoms with Crippen molar-refractivity contribution in [1.82, 2.24) is 9.88 Å². The summed E-state index contributed by atoms with van der Waals surface area (Å²) in [6, 6.07) is 3.11. The molecule has 0 atom stereocenters. The summed E-state index contributed by atoms with van der Waals surface area (Å²) in [5, 5.41) is 0. The van der Waals surface area contributed by atoms with Gasteiger partial charge in [-0.15, -0.1) is 0 Å². The van der Waals surface area contributed by atoms with Gasteiger partial charge in [0, 0.05) is 30.1 Å². The van der Waals surface area contributed by atoms with Crippen molar-refractivity contribution >= 4 is 5.91 Å². The molecule has 1 fully saturated rings. The molecular weight excluding hydrogens is 219 g/mol. The van der Waals surface area contributed by atoms with Gasteiger partial charge < -0.3 is 4.90 Å². The van der Waals surface area contributed by atoms with Crippen molar-refractivity contribution in [3.8, 4) is 0 Å². The van der Waals surface area contributed by atoms with Crippen LogP contribution in [0.2, 0.25) is 0 Å². The number of likely N-dealkylation sites (tertiary alicyclic amines) is 1. The SMILES string of the molecule is CC(C)(C)C(=O)N1CC(c2ccc(F)cn2)C1. The lowest BCUT2D eigenvalue weighted by atomic mass is 9.89. The molecule has 0 aliphatic carbocycles. The fourth-order valence-electron chi connectivity index (χ4n) is 1.93. The lowest BCUT2D eigenvalue weighted by molar-refractivity contribution is -0.144. The molecule has 0 unspecified atom stereocenters. The van der Waals surface area contributed by atoms with Gasteiger partial charge in [-0.2, -0.15) is 0 Å². The molecule has 1 aliphatic rings. The zero-order valence-corrected chi connectivity index (χ0v) is 10.4. The van der Waals surface area contributed by atoms with Crippen LogP contribution < -0.4 is 0 Å². The number of carbonyl (C=O) groups is 1.